The van der Waals surface area contributed by atoms with E-state index < -0.39 is 0 Å². The molecule has 0 spiro atoms. The molecule has 0 aliphatic carbocycles. The van der Waals surface area contributed by atoms with E-state index in [1.807, 2.05) is 29.8 Å². The molecule has 7 heteroatoms. The lowest BCUT2D eigenvalue weighted by molar-refractivity contribution is 0.596. The Morgan fingerprint density at radius 1 is 0.960 bits per heavy atom. The van der Waals surface area contributed by atoms with E-state index in [2.05, 4.69) is 52.8 Å². The zero-order valence-corrected chi connectivity index (χ0v) is 18.1. The van der Waals surface area contributed by atoms with Gasteiger partial charge in [-0.3, -0.25) is 0 Å². The number of aromatic nitrogens is 2. The maximum absolute atomic E-state index is 13.5. The molecule has 1 heterocycles. The Labute approximate surface area is 170 Å². The lowest BCUT2D eigenvalue weighted by Crippen LogP contribution is -2.02. The fourth-order valence-corrected chi connectivity index (χ4v) is 3.16. The normalized spacial score (nSPS) is 10.3. The van der Waals surface area contributed by atoms with E-state index in [0.29, 0.717) is 23.0 Å². The fraction of sp³-hybridized carbons (Fsp3) is 0.167. The van der Waals surface area contributed by atoms with Crippen molar-refractivity contribution in [2.75, 3.05) is 0 Å². The Morgan fingerprint density at radius 3 is 1.96 bits per heavy atom. The van der Waals surface area contributed by atoms with Crippen LogP contribution in [0.5, 0.6) is 0 Å². The van der Waals surface area contributed by atoms with Gasteiger partial charge in [-0.1, -0.05) is 59.9 Å². The number of hydrogen-bond donors (Lipinski definition) is 0. The second-order valence-corrected chi connectivity index (χ2v) is 7.60. The molecular weight excluding hydrogens is 522 g/mol. The van der Waals surface area contributed by atoms with Gasteiger partial charge < -0.3 is 4.57 Å². The third-order valence-corrected chi connectivity index (χ3v) is 5.03. The molecule has 132 valence electrons. The van der Waals surface area contributed by atoms with Crippen LogP contribution in [-0.2, 0) is 11.9 Å². The molecule has 3 aromatic rings. The van der Waals surface area contributed by atoms with Gasteiger partial charge in [-0.15, -0.1) is 0 Å². The summed E-state index contributed by atoms with van der Waals surface area (Å²) in [5.41, 5.74) is 1.35. The van der Waals surface area contributed by atoms with E-state index >= 15 is 0 Å². The number of imidazole rings is 1. The summed E-state index contributed by atoms with van der Waals surface area (Å²) in [5, 5.41) is 0.562. The molecule has 0 saturated heterocycles. The standard InChI is InChI=1S/C11H10BrFN2.C7H5Br2F/c1-8-14-4-5-15(8)7-9-2-3-10(12)6-11(9)13;8-4-5-1-2-6(9)3-7(5)10/h2-6H,7H2,1H3;1-3H,4H2. The quantitative estimate of drug-likeness (QED) is 0.344. The summed E-state index contributed by atoms with van der Waals surface area (Å²) in [6, 6.07) is 10.1. The number of alkyl halides is 1. The lowest BCUT2D eigenvalue weighted by Gasteiger charge is -2.06. The van der Waals surface area contributed by atoms with Gasteiger partial charge in [-0.05, 0) is 36.8 Å². The second kappa shape index (κ2) is 9.59. The Bertz CT molecular complexity index is 850. The van der Waals surface area contributed by atoms with Gasteiger partial charge in [0.2, 0.25) is 0 Å². The Hall–Kier alpha value is -1.05. The molecule has 0 aliphatic rings. The molecule has 0 bridgehead atoms. The van der Waals surface area contributed by atoms with E-state index in [0.717, 1.165) is 14.8 Å². The van der Waals surface area contributed by atoms with Crippen molar-refractivity contribution in [1.29, 1.82) is 0 Å². The minimum atomic E-state index is -0.197. The van der Waals surface area contributed by atoms with Crippen LogP contribution in [0.3, 0.4) is 0 Å². The van der Waals surface area contributed by atoms with Crippen molar-refractivity contribution in [3.05, 3.63) is 86.3 Å². The van der Waals surface area contributed by atoms with Gasteiger partial charge in [-0.2, -0.15) is 0 Å². The monoisotopic (exact) mass is 534 g/mol. The number of hydrogen-bond acceptors (Lipinski definition) is 1. The summed E-state index contributed by atoms with van der Waals surface area (Å²) in [6.07, 6.45) is 3.56. The van der Waals surface area contributed by atoms with Crippen molar-refractivity contribution in [3.8, 4) is 0 Å². The molecule has 2 aromatic carbocycles. The lowest BCUT2D eigenvalue weighted by atomic mass is 10.2. The van der Waals surface area contributed by atoms with Crippen LogP contribution in [0.15, 0.2) is 57.7 Å². The van der Waals surface area contributed by atoms with Gasteiger partial charge in [0, 0.05) is 32.2 Å². The van der Waals surface area contributed by atoms with Crippen molar-refractivity contribution in [2.45, 2.75) is 18.8 Å². The van der Waals surface area contributed by atoms with Crippen LogP contribution >= 0.6 is 47.8 Å². The van der Waals surface area contributed by atoms with Crippen LogP contribution in [-0.4, -0.2) is 9.55 Å². The van der Waals surface area contributed by atoms with Crippen LogP contribution in [0.2, 0.25) is 0 Å². The molecule has 0 saturated carbocycles. The highest BCUT2D eigenvalue weighted by atomic mass is 79.9. The van der Waals surface area contributed by atoms with Crippen LogP contribution in [0.1, 0.15) is 17.0 Å². The predicted octanol–water partition coefficient (Wildman–Crippen LogP) is 6.62. The Balaban J connectivity index is 0.000000196. The molecule has 0 radical (unpaired) electrons. The van der Waals surface area contributed by atoms with Gasteiger partial charge in [-0.25, -0.2) is 13.8 Å². The first kappa shape index (κ1) is 20.3. The Kier molecular flexibility index (Phi) is 7.78. The number of rotatable bonds is 3. The highest BCUT2D eigenvalue weighted by Crippen LogP contribution is 2.17. The first-order valence-corrected chi connectivity index (χ1v) is 10.0. The van der Waals surface area contributed by atoms with Crippen LogP contribution in [0.4, 0.5) is 8.78 Å². The highest BCUT2D eigenvalue weighted by Gasteiger charge is 2.04. The molecule has 0 N–H and O–H groups in total. The van der Waals surface area contributed by atoms with Crippen molar-refractivity contribution in [2.24, 2.45) is 0 Å². The van der Waals surface area contributed by atoms with Gasteiger partial charge >= 0.3 is 0 Å². The van der Waals surface area contributed by atoms with E-state index in [1.165, 1.54) is 12.1 Å². The minimum absolute atomic E-state index is 0.175. The Morgan fingerprint density at radius 2 is 1.52 bits per heavy atom. The van der Waals surface area contributed by atoms with Crippen molar-refractivity contribution < 1.29 is 8.78 Å². The molecule has 3 rings (SSSR count). The largest absolute Gasteiger partial charge is 0.331 e. The maximum Gasteiger partial charge on any atom is 0.129 e. The molecule has 0 unspecified atom stereocenters. The van der Waals surface area contributed by atoms with Gasteiger partial charge in [0.15, 0.2) is 0 Å². The summed E-state index contributed by atoms with van der Waals surface area (Å²) in [4.78, 5) is 4.09. The van der Waals surface area contributed by atoms with Crippen molar-refractivity contribution >= 4 is 47.8 Å². The number of halogens is 5. The molecular formula is C18H15Br3F2N2. The molecule has 0 amide bonds. The maximum atomic E-state index is 13.5. The van der Waals surface area contributed by atoms with E-state index in [9.17, 15) is 8.78 Å². The van der Waals surface area contributed by atoms with Crippen LogP contribution < -0.4 is 0 Å². The van der Waals surface area contributed by atoms with E-state index in [-0.39, 0.29) is 11.6 Å². The topological polar surface area (TPSA) is 17.8 Å². The first-order valence-electron chi connectivity index (χ1n) is 7.32. The van der Waals surface area contributed by atoms with Crippen molar-refractivity contribution in [3.63, 3.8) is 0 Å². The van der Waals surface area contributed by atoms with Gasteiger partial charge in [0.05, 0.1) is 6.54 Å². The number of aryl methyl sites for hydroxylation is 1. The van der Waals surface area contributed by atoms with Crippen LogP contribution in [0.25, 0.3) is 0 Å². The number of nitrogens with zero attached hydrogens (tertiary/aromatic N) is 2. The molecule has 1 aromatic heterocycles. The third-order valence-electron chi connectivity index (χ3n) is 3.44. The fourth-order valence-electron chi connectivity index (χ4n) is 2.03. The number of benzene rings is 2. The zero-order valence-electron chi connectivity index (χ0n) is 13.3. The van der Waals surface area contributed by atoms with Gasteiger partial charge in [0.25, 0.3) is 0 Å². The molecule has 0 atom stereocenters. The van der Waals surface area contributed by atoms with Crippen molar-refractivity contribution in [1.82, 2.24) is 9.55 Å². The molecule has 0 fully saturated rings. The summed E-state index contributed by atoms with van der Waals surface area (Å²) in [6.45, 7) is 2.42. The van der Waals surface area contributed by atoms with E-state index in [4.69, 9.17) is 0 Å². The van der Waals surface area contributed by atoms with Crippen LogP contribution in [0, 0.1) is 18.6 Å². The summed E-state index contributed by atoms with van der Waals surface area (Å²) in [7, 11) is 0. The average molecular weight is 537 g/mol. The summed E-state index contributed by atoms with van der Waals surface area (Å²) >= 11 is 9.58. The SMILES string of the molecule is Cc1nccn1Cc1ccc(Br)cc1F.Fc1cc(Br)ccc1CBr. The smallest absolute Gasteiger partial charge is 0.129 e. The molecule has 25 heavy (non-hydrogen) atoms. The zero-order chi connectivity index (χ0) is 18.4. The summed E-state index contributed by atoms with van der Waals surface area (Å²) in [5.74, 6) is 0.515. The average Bonchev–Trinajstić information content (AvgIpc) is 2.96. The van der Waals surface area contributed by atoms with Gasteiger partial charge in [0.1, 0.15) is 17.5 Å². The predicted molar refractivity (Wildman–Crippen MR) is 107 cm³/mol. The minimum Gasteiger partial charge on any atom is -0.331 e. The third kappa shape index (κ3) is 6.01. The highest BCUT2D eigenvalue weighted by molar-refractivity contribution is 9.10. The van der Waals surface area contributed by atoms with E-state index in [1.54, 1.807) is 18.3 Å². The second-order valence-electron chi connectivity index (χ2n) is 5.21. The summed E-state index contributed by atoms with van der Waals surface area (Å²) < 4.78 is 29.7. The molecule has 2 nitrogen and oxygen atoms in total. The molecule has 0 aliphatic heterocycles. The first-order chi connectivity index (χ1) is 11.9.